The van der Waals surface area contributed by atoms with Crippen LogP contribution in [0.3, 0.4) is 0 Å². The molecular weight excluding hydrogens is 202 g/mol. The van der Waals surface area contributed by atoms with E-state index in [2.05, 4.69) is 35.6 Å². The molecule has 0 spiro atoms. The van der Waals surface area contributed by atoms with E-state index in [4.69, 9.17) is 4.74 Å². The SMILES string of the molecule is CCCNc1nccn1CC(C)(C)OCC. The highest BCUT2D eigenvalue weighted by molar-refractivity contribution is 5.25. The molecular formula is C12H23N3O. The number of aromatic nitrogens is 2. The maximum atomic E-state index is 5.69. The highest BCUT2D eigenvalue weighted by Crippen LogP contribution is 2.15. The molecule has 1 aromatic heterocycles. The van der Waals surface area contributed by atoms with Gasteiger partial charge in [0.05, 0.1) is 12.1 Å². The Morgan fingerprint density at radius 1 is 1.44 bits per heavy atom. The molecule has 0 unspecified atom stereocenters. The minimum Gasteiger partial charge on any atom is -0.374 e. The van der Waals surface area contributed by atoms with E-state index in [-0.39, 0.29) is 5.60 Å². The molecule has 0 radical (unpaired) electrons. The lowest BCUT2D eigenvalue weighted by atomic mass is 10.1. The normalized spacial score (nSPS) is 11.8. The van der Waals surface area contributed by atoms with Gasteiger partial charge >= 0.3 is 0 Å². The zero-order valence-electron chi connectivity index (χ0n) is 10.8. The van der Waals surface area contributed by atoms with Gasteiger partial charge in [0.15, 0.2) is 0 Å². The second-order valence-corrected chi connectivity index (χ2v) is 4.50. The first-order chi connectivity index (χ1) is 7.59. The quantitative estimate of drug-likeness (QED) is 0.775. The van der Waals surface area contributed by atoms with Crippen molar-refractivity contribution in [3.63, 3.8) is 0 Å². The molecule has 92 valence electrons. The molecule has 0 aliphatic heterocycles. The molecule has 1 aromatic rings. The maximum absolute atomic E-state index is 5.69. The Hall–Kier alpha value is -1.03. The van der Waals surface area contributed by atoms with Gasteiger partial charge < -0.3 is 14.6 Å². The molecule has 1 N–H and O–H groups in total. The lowest BCUT2D eigenvalue weighted by Crippen LogP contribution is -2.30. The molecule has 4 heteroatoms. The van der Waals surface area contributed by atoms with Crippen LogP contribution in [0.25, 0.3) is 0 Å². The number of hydrogen-bond acceptors (Lipinski definition) is 3. The second-order valence-electron chi connectivity index (χ2n) is 4.50. The van der Waals surface area contributed by atoms with Crippen LogP contribution in [0.5, 0.6) is 0 Å². The van der Waals surface area contributed by atoms with Gasteiger partial charge in [0.1, 0.15) is 0 Å². The minimum absolute atomic E-state index is 0.155. The summed E-state index contributed by atoms with van der Waals surface area (Å²) in [5, 5.41) is 3.30. The number of ether oxygens (including phenoxy) is 1. The van der Waals surface area contributed by atoms with Gasteiger partial charge in [-0.2, -0.15) is 0 Å². The van der Waals surface area contributed by atoms with Crippen LogP contribution in [0.4, 0.5) is 5.95 Å². The molecule has 0 aliphatic carbocycles. The molecule has 0 aliphatic rings. The second kappa shape index (κ2) is 5.89. The highest BCUT2D eigenvalue weighted by Gasteiger charge is 2.19. The van der Waals surface area contributed by atoms with Gasteiger partial charge in [0, 0.05) is 25.5 Å². The number of anilines is 1. The van der Waals surface area contributed by atoms with Gasteiger partial charge in [0.2, 0.25) is 5.95 Å². The number of hydrogen-bond donors (Lipinski definition) is 1. The van der Waals surface area contributed by atoms with Crippen LogP contribution in [-0.2, 0) is 11.3 Å². The summed E-state index contributed by atoms with van der Waals surface area (Å²) < 4.78 is 7.79. The van der Waals surface area contributed by atoms with E-state index in [0.29, 0.717) is 0 Å². The summed E-state index contributed by atoms with van der Waals surface area (Å²) in [6, 6.07) is 0. The average molecular weight is 225 g/mol. The van der Waals surface area contributed by atoms with Crippen LogP contribution in [0, 0.1) is 0 Å². The first-order valence-corrected chi connectivity index (χ1v) is 5.98. The van der Waals surface area contributed by atoms with Crippen molar-refractivity contribution in [3.8, 4) is 0 Å². The Labute approximate surface area is 98.0 Å². The molecule has 16 heavy (non-hydrogen) atoms. The lowest BCUT2D eigenvalue weighted by Gasteiger charge is -2.25. The summed E-state index contributed by atoms with van der Waals surface area (Å²) in [6.45, 7) is 10.9. The largest absolute Gasteiger partial charge is 0.374 e. The van der Waals surface area contributed by atoms with Crippen molar-refractivity contribution in [1.82, 2.24) is 9.55 Å². The van der Waals surface area contributed by atoms with E-state index >= 15 is 0 Å². The fourth-order valence-electron chi connectivity index (χ4n) is 1.69. The third kappa shape index (κ3) is 3.85. The third-order valence-electron chi connectivity index (χ3n) is 2.33. The zero-order chi connectivity index (χ0) is 12.0. The molecule has 1 heterocycles. The van der Waals surface area contributed by atoms with Crippen LogP contribution >= 0.6 is 0 Å². The standard InChI is InChI=1S/C12H23N3O/c1-5-7-13-11-14-8-9-15(11)10-12(3,4)16-6-2/h8-9H,5-7,10H2,1-4H3,(H,13,14). The first-order valence-electron chi connectivity index (χ1n) is 5.98. The Kier molecular flexibility index (Phi) is 4.80. The zero-order valence-corrected chi connectivity index (χ0v) is 10.8. The third-order valence-corrected chi connectivity index (χ3v) is 2.33. The molecule has 0 amide bonds. The van der Waals surface area contributed by atoms with Gasteiger partial charge in [-0.15, -0.1) is 0 Å². The van der Waals surface area contributed by atoms with Crippen LogP contribution in [0.15, 0.2) is 12.4 Å². The summed E-state index contributed by atoms with van der Waals surface area (Å²) in [4.78, 5) is 4.29. The molecule has 0 saturated carbocycles. The predicted molar refractivity (Wildman–Crippen MR) is 66.7 cm³/mol. The number of nitrogens with zero attached hydrogens (tertiary/aromatic N) is 2. The smallest absolute Gasteiger partial charge is 0.202 e. The van der Waals surface area contributed by atoms with Crippen LogP contribution in [0.1, 0.15) is 34.1 Å². The topological polar surface area (TPSA) is 39.1 Å². The number of nitrogens with one attached hydrogen (secondary N) is 1. The average Bonchev–Trinajstić information content (AvgIpc) is 2.61. The van der Waals surface area contributed by atoms with E-state index < -0.39 is 0 Å². The molecule has 0 fully saturated rings. The van der Waals surface area contributed by atoms with Crippen molar-refractivity contribution < 1.29 is 4.74 Å². The molecule has 0 saturated heterocycles. The maximum Gasteiger partial charge on any atom is 0.202 e. The molecule has 0 aromatic carbocycles. The Bertz CT molecular complexity index is 307. The van der Waals surface area contributed by atoms with Crippen molar-refractivity contribution in [2.24, 2.45) is 0 Å². The van der Waals surface area contributed by atoms with E-state index in [1.165, 1.54) is 0 Å². The Morgan fingerprint density at radius 3 is 2.81 bits per heavy atom. The van der Waals surface area contributed by atoms with Crippen LogP contribution in [-0.4, -0.2) is 28.3 Å². The fraction of sp³-hybridized carbons (Fsp3) is 0.750. The van der Waals surface area contributed by atoms with Gasteiger partial charge in [-0.05, 0) is 27.2 Å². The Balaban J connectivity index is 2.62. The van der Waals surface area contributed by atoms with Gasteiger partial charge in [-0.1, -0.05) is 6.92 Å². The highest BCUT2D eigenvalue weighted by atomic mass is 16.5. The lowest BCUT2D eigenvalue weighted by molar-refractivity contribution is -0.0220. The Morgan fingerprint density at radius 2 is 2.19 bits per heavy atom. The summed E-state index contributed by atoms with van der Waals surface area (Å²) in [6.07, 6.45) is 4.90. The summed E-state index contributed by atoms with van der Waals surface area (Å²) in [5.41, 5.74) is -0.155. The van der Waals surface area contributed by atoms with Crippen LogP contribution < -0.4 is 5.32 Å². The number of rotatable bonds is 7. The van der Waals surface area contributed by atoms with Crippen molar-refractivity contribution in [2.75, 3.05) is 18.5 Å². The van der Waals surface area contributed by atoms with Gasteiger partial charge in [-0.3, -0.25) is 0 Å². The van der Waals surface area contributed by atoms with E-state index in [0.717, 1.165) is 32.1 Å². The first kappa shape index (κ1) is 13.0. The molecule has 1 rings (SSSR count). The molecule has 0 bridgehead atoms. The molecule has 0 atom stereocenters. The van der Waals surface area contributed by atoms with E-state index in [9.17, 15) is 0 Å². The monoisotopic (exact) mass is 225 g/mol. The van der Waals surface area contributed by atoms with Crippen molar-refractivity contribution in [2.45, 2.75) is 46.3 Å². The van der Waals surface area contributed by atoms with E-state index in [1.54, 1.807) is 0 Å². The fourth-order valence-corrected chi connectivity index (χ4v) is 1.69. The van der Waals surface area contributed by atoms with Crippen molar-refractivity contribution in [1.29, 1.82) is 0 Å². The van der Waals surface area contributed by atoms with Gasteiger partial charge in [0.25, 0.3) is 0 Å². The summed E-state index contributed by atoms with van der Waals surface area (Å²) in [7, 11) is 0. The van der Waals surface area contributed by atoms with Crippen molar-refractivity contribution >= 4 is 5.95 Å². The number of imidazole rings is 1. The van der Waals surface area contributed by atoms with E-state index in [1.807, 2.05) is 19.3 Å². The predicted octanol–water partition coefficient (Wildman–Crippen LogP) is 2.52. The summed E-state index contributed by atoms with van der Waals surface area (Å²) in [5.74, 6) is 0.926. The molecule has 4 nitrogen and oxygen atoms in total. The van der Waals surface area contributed by atoms with Gasteiger partial charge in [-0.25, -0.2) is 4.98 Å². The minimum atomic E-state index is -0.155. The van der Waals surface area contributed by atoms with Crippen molar-refractivity contribution in [3.05, 3.63) is 12.4 Å². The summed E-state index contributed by atoms with van der Waals surface area (Å²) >= 11 is 0. The van der Waals surface area contributed by atoms with Crippen LogP contribution in [0.2, 0.25) is 0 Å².